The lowest BCUT2D eigenvalue weighted by molar-refractivity contribution is -0.00656. The molecular formula is C25H34ClN2O5PS. The molecule has 0 aliphatic carbocycles. The number of hydrogen-bond donors (Lipinski definition) is 0. The van der Waals surface area contributed by atoms with Crippen LogP contribution in [0, 0.1) is 13.8 Å². The Balaban J connectivity index is 1.96. The third-order valence-corrected chi connectivity index (χ3v) is 7.79. The fourth-order valence-electron chi connectivity index (χ4n) is 3.29. The zero-order chi connectivity index (χ0) is 26.2. The van der Waals surface area contributed by atoms with Crippen molar-refractivity contribution in [3.8, 4) is 11.5 Å². The summed E-state index contributed by atoms with van der Waals surface area (Å²) in [4.78, 5) is 4.70. The van der Waals surface area contributed by atoms with E-state index in [0.717, 1.165) is 16.9 Å². The van der Waals surface area contributed by atoms with Crippen molar-refractivity contribution < 1.29 is 22.9 Å². The topological polar surface area (TPSA) is 71.8 Å². The number of aromatic nitrogens is 2. The van der Waals surface area contributed by atoms with Crippen LogP contribution in [0.1, 0.15) is 52.7 Å². The largest absolute Gasteiger partial charge is 0.477 e. The summed E-state index contributed by atoms with van der Waals surface area (Å²) < 4.78 is 38.7. The molecule has 0 saturated heterocycles. The van der Waals surface area contributed by atoms with Crippen molar-refractivity contribution in [1.29, 1.82) is 0 Å². The number of imidazole rings is 1. The highest BCUT2D eigenvalue weighted by Crippen LogP contribution is 2.55. The molecule has 3 rings (SSSR count). The van der Waals surface area contributed by atoms with E-state index < -0.39 is 19.0 Å². The van der Waals surface area contributed by atoms with Gasteiger partial charge in [0.2, 0.25) is 0 Å². The summed E-state index contributed by atoms with van der Waals surface area (Å²) in [5.74, 6) is 1.24. The van der Waals surface area contributed by atoms with Gasteiger partial charge in [-0.15, -0.1) is 0 Å². The number of rotatable bonds is 8. The van der Waals surface area contributed by atoms with E-state index in [1.807, 2.05) is 38.3 Å². The molecule has 0 aliphatic heterocycles. The maximum Gasteiger partial charge on any atom is 0.477 e. The molecule has 1 heterocycles. The summed E-state index contributed by atoms with van der Waals surface area (Å²) in [6.07, 6.45) is 1.91. The maximum absolute atomic E-state index is 13.5. The minimum absolute atomic E-state index is 0.0936. The maximum atomic E-state index is 13.5. The second-order valence-electron chi connectivity index (χ2n) is 10.2. The van der Waals surface area contributed by atoms with Gasteiger partial charge in [-0.25, -0.2) is 9.55 Å². The van der Waals surface area contributed by atoms with Crippen LogP contribution in [-0.4, -0.2) is 27.0 Å². The molecule has 35 heavy (non-hydrogen) atoms. The molecule has 7 nitrogen and oxygen atoms in total. The molecule has 0 fully saturated rings. The van der Waals surface area contributed by atoms with Crippen molar-refractivity contribution in [2.75, 3.05) is 6.26 Å². The van der Waals surface area contributed by atoms with Gasteiger partial charge < -0.3 is 4.74 Å². The average Bonchev–Trinajstić information content (AvgIpc) is 3.03. The lowest BCUT2D eigenvalue weighted by atomic mass is 10.1. The number of phosphoric ester groups is 1. The first-order chi connectivity index (χ1) is 16.1. The highest BCUT2D eigenvalue weighted by Gasteiger charge is 2.37. The summed E-state index contributed by atoms with van der Waals surface area (Å²) >= 11 is 8.05. The zero-order valence-electron chi connectivity index (χ0n) is 21.8. The minimum Gasteiger partial charge on any atom is -0.455 e. The lowest BCUT2D eigenvalue weighted by Crippen LogP contribution is -2.25. The van der Waals surface area contributed by atoms with Crippen LogP contribution >= 0.6 is 31.2 Å². The SMILES string of the molecule is CSc1nc2cc(Oc3cccc(C)c3C)c(Cl)cc2n1COP(=O)(OC(C)(C)C)OC(C)(C)C. The van der Waals surface area contributed by atoms with E-state index in [1.54, 1.807) is 58.2 Å². The van der Waals surface area contributed by atoms with Gasteiger partial charge in [-0.1, -0.05) is 35.5 Å². The summed E-state index contributed by atoms with van der Waals surface area (Å²) in [6, 6.07) is 9.45. The Kier molecular flexibility index (Phi) is 8.37. The van der Waals surface area contributed by atoms with Crippen molar-refractivity contribution in [3.63, 3.8) is 0 Å². The molecule has 0 radical (unpaired) electrons. The van der Waals surface area contributed by atoms with Crippen LogP contribution in [0.2, 0.25) is 5.02 Å². The molecule has 0 saturated carbocycles. The minimum atomic E-state index is -3.90. The van der Waals surface area contributed by atoms with Gasteiger partial charge in [0, 0.05) is 6.07 Å². The standard InChI is InChI=1S/C25H34ClN2O5PS/c1-16-11-10-12-21(17(16)2)31-22-14-19-20(13-18(22)26)28(23(27-19)35-9)15-30-34(29,32-24(3,4)5)33-25(6,7)8/h10-14H,15H2,1-9H3. The first-order valence-electron chi connectivity index (χ1n) is 11.2. The average molecular weight is 541 g/mol. The van der Waals surface area contributed by atoms with Gasteiger partial charge in [-0.05, 0) is 84.9 Å². The molecule has 0 spiro atoms. The predicted molar refractivity (Wildman–Crippen MR) is 143 cm³/mol. The number of nitrogens with zero attached hydrogens (tertiary/aromatic N) is 2. The fraction of sp³-hybridized carbons (Fsp3) is 0.480. The molecule has 0 N–H and O–H groups in total. The molecule has 0 amide bonds. The van der Waals surface area contributed by atoms with Crippen LogP contribution in [0.25, 0.3) is 11.0 Å². The smallest absolute Gasteiger partial charge is 0.455 e. The fourth-order valence-corrected chi connectivity index (χ4v) is 5.79. The lowest BCUT2D eigenvalue weighted by Gasteiger charge is -2.31. The molecule has 0 atom stereocenters. The van der Waals surface area contributed by atoms with Gasteiger partial charge in [0.25, 0.3) is 0 Å². The monoisotopic (exact) mass is 540 g/mol. The zero-order valence-corrected chi connectivity index (χ0v) is 24.2. The summed E-state index contributed by atoms with van der Waals surface area (Å²) in [6.45, 7) is 14.7. The molecule has 1 aromatic heterocycles. The quantitative estimate of drug-likeness (QED) is 0.209. The van der Waals surface area contributed by atoms with Gasteiger partial charge in [-0.3, -0.25) is 18.1 Å². The van der Waals surface area contributed by atoms with Crippen LogP contribution in [0.15, 0.2) is 35.5 Å². The van der Waals surface area contributed by atoms with Gasteiger partial charge in [0.05, 0.1) is 27.3 Å². The van der Waals surface area contributed by atoms with E-state index in [4.69, 9.17) is 34.9 Å². The predicted octanol–water partition coefficient (Wildman–Crippen LogP) is 8.53. The van der Waals surface area contributed by atoms with E-state index >= 15 is 0 Å². The highest BCUT2D eigenvalue weighted by molar-refractivity contribution is 7.98. The number of fused-ring (bicyclic) bond motifs is 1. The van der Waals surface area contributed by atoms with Gasteiger partial charge in [0.15, 0.2) is 5.16 Å². The Morgan fingerprint density at radius 2 is 1.66 bits per heavy atom. The molecule has 2 aromatic carbocycles. The molecular weight excluding hydrogens is 507 g/mol. The number of benzene rings is 2. The molecule has 10 heteroatoms. The highest BCUT2D eigenvalue weighted by atomic mass is 35.5. The Morgan fingerprint density at radius 1 is 1.03 bits per heavy atom. The third kappa shape index (κ3) is 7.25. The second-order valence-corrected chi connectivity index (χ2v) is 12.9. The molecule has 3 aromatic rings. The van der Waals surface area contributed by atoms with Crippen LogP contribution < -0.4 is 4.74 Å². The number of phosphoric acid groups is 1. The molecule has 0 bridgehead atoms. The van der Waals surface area contributed by atoms with Crippen molar-refractivity contribution in [2.24, 2.45) is 0 Å². The van der Waals surface area contributed by atoms with Gasteiger partial charge in [-0.2, -0.15) is 0 Å². The van der Waals surface area contributed by atoms with Crippen molar-refractivity contribution in [1.82, 2.24) is 9.55 Å². The number of ether oxygens (including phenoxy) is 1. The summed E-state index contributed by atoms with van der Waals surface area (Å²) in [7, 11) is -3.90. The van der Waals surface area contributed by atoms with Gasteiger partial charge in [0.1, 0.15) is 18.2 Å². The van der Waals surface area contributed by atoms with Crippen LogP contribution in [0.4, 0.5) is 0 Å². The number of aryl methyl sites for hydroxylation is 1. The van der Waals surface area contributed by atoms with Crippen LogP contribution in [0.5, 0.6) is 11.5 Å². The number of halogens is 1. The van der Waals surface area contributed by atoms with E-state index in [2.05, 4.69) is 0 Å². The van der Waals surface area contributed by atoms with Crippen molar-refractivity contribution in [3.05, 3.63) is 46.5 Å². The molecule has 0 unspecified atom stereocenters. The normalized spacial score (nSPS) is 13.0. The number of hydrogen-bond acceptors (Lipinski definition) is 7. The Labute approximate surface area is 217 Å². The summed E-state index contributed by atoms with van der Waals surface area (Å²) in [5.41, 5.74) is 2.09. The van der Waals surface area contributed by atoms with Crippen LogP contribution in [0.3, 0.4) is 0 Å². The van der Waals surface area contributed by atoms with Crippen LogP contribution in [-0.2, 0) is 24.9 Å². The van der Waals surface area contributed by atoms with E-state index in [9.17, 15) is 4.57 Å². The molecule has 192 valence electrons. The summed E-state index contributed by atoms with van der Waals surface area (Å²) in [5, 5.41) is 1.09. The van der Waals surface area contributed by atoms with Gasteiger partial charge >= 0.3 is 7.82 Å². The third-order valence-electron chi connectivity index (χ3n) is 4.84. The Morgan fingerprint density at radius 3 is 2.23 bits per heavy atom. The van der Waals surface area contributed by atoms with Crippen molar-refractivity contribution >= 4 is 42.2 Å². The van der Waals surface area contributed by atoms with Crippen molar-refractivity contribution in [2.45, 2.75) is 78.5 Å². The van der Waals surface area contributed by atoms with E-state index in [1.165, 1.54) is 11.8 Å². The van der Waals surface area contributed by atoms with E-state index in [0.29, 0.717) is 27.0 Å². The Hall–Kier alpha value is -1.54. The first kappa shape index (κ1) is 28.0. The molecule has 0 aliphatic rings. The second kappa shape index (κ2) is 10.4. The first-order valence-corrected chi connectivity index (χ1v) is 14.3. The Bertz CT molecular complexity index is 1240. The van der Waals surface area contributed by atoms with E-state index in [-0.39, 0.29) is 6.73 Å². The number of thioether (sulfide) groups is 1.